The maximum absolute atomic E-state index is 12.1. The molecule has 104 valence electrons. The molecule has 1 aromatic carbocycles. The van der Waals surface area contributed by atoms with Crippen LogP contribution >= 0.6 is 0 Å². The second-order valence-electron chi connectivity index (χ2n) is 6.10. The van der Waals surface area contributed by atoms with Crippen LogP contribution in [0.3, 0.4) is 0 Å². The lowest BCUT2D eigenvalue weighted by molar-refractivity contribution is 0.0927. The third-order valence-electron chi connectivity index (χ3n) is 3.80. The van der Waals surface area contributed by atoms with Gasteiger partial charge in [-0.3, -0.25) is 4.79 Å². The van der Waals surface area contributed by atoms with E-state index < -0.39 is 0 Å². The first kappa shape index (κ1) is 14.1. The molecule has 19 heavy (non-hydrogen) atoms. The first-order valence-corrected chi connectivity index (χ1v) is 7.55. The van der Waals surface area contributed by atoms with E-state index in [1.54, 1.807) is 0 Å². The van der Waals surface area contributed by atoms with E-state index in [4.69, 9.17) is 0 Å². The van der Waals surface area contributed by atoms with Crippen LogP contribution < -0.4 is 5.32 Å². The smallest absolute Gasteiger partial charge is 0.251 e. The molecule has 2 heteroatoms. The summed E-state index contributed by atoms with van der Waals surface area (Å²) in [6, 6.07) is 8.45. The molecule has 1 N–H and O–H groups in total. The molecule has 0 unspecified atom stereocenters. The Morgan fingerprint density at radius 1 is 1.16 bits per heavy atom. The molecule has 1 aliphatic rings. The summed E-state index contributed by atoms with van der Waals surface area (Å²) in [5.41, 5.74) is 2.10. The van der Waals surface area contributed by atoms with E-state index in [2.05, 4.69) is 31.3 Å². The standard InChI is InChI=1S/C17H25NO/c1-13(2)12-14-8-10-15(11-9-14)17(19)18-16-6-4-3-5-7-16/h8-11,13,16H,3-7,12H2,1-2H3,(H,18,19). The zero-order valence-corrected chi connectivity index (χ0v) is 12.1. The van der Waals surface area contributed by atoms with Crippen molar-refractivity contribution in [3.05, 3.63) is 35.4 Å². The highest BCUT2D eigenvalue weighted by Crippen LogP contribution is 2.18. The van der Waals surface area contributed by atoms with Crippen LogP contribution in [0.1, 0.15) is 61.9 Å². The second kappa shape index (κ2) is 6.74. The molecule has 1 fully saturated rings. The molecule has 1 aliphatic carbocycles. The minimum absolute atomic E-state index is 0.0861. The van der Waals surface area contributed by atoms with Gasteiger partial charge in [-0.25, -0.2) is 0 Å². The fraction of sp³-hybridized carbons (Fsp3) is 0.588. The molecule has 0 spiro atoms. The third kappa shape index (κ3) is 4.38. The summed E-state index contributed by atoms with van der Waals surface area (Å²) >= 11 is 0. The van der Waals surface area contributed by atoms with Gasteiger partial charge in [-0.15, -0.1) is 0 Å². The highest BCUT2D eigenvalue weighted by molar-refractivity contribution is 5.94. The molecular formula is C17H25NO. The highest BCUT2D eigenvalue weighted by atomic mass is 16.1. The molecule has 0 bridgehead atoms. The van der Waals surface area contributed by atoms with E-state index >= 15 is 0 Å². The van der Waals surface area contributed by atoms with Gasteiger partial charge in [0.1, 0.15) is 0 Å². The normalized spacial score (nSPS) is 16.6. The predicted octanol–water partition coefficient (Wildman–Crippen LogP) is 3.95. The summed E-state index contributed by atoms with van der Waals surface area (Å²) in [4.78, 5) is 12.1. The number of carbonyl (C=O) groups excluding carboxylic acids is 1. The van der Waals surface area contributed by atoms with Crippen LogP contribution in [0.5, 0.6) is 0 Å². The summed E-state index contributed by atoms with van der Waals surface area (Å²) < 4.78 is 0. The quantitative estimate of drug-likeness (QED) is 0.871. The Bertz CT molecular complexity index is 402. The maximum atomic E-state index is 12.1. The van der Waals surface area contributed by atoms with Gasteiger partial charge in [0.05, 0.1) is 0 Å². The number of benzene rings is 1. The largest absolute Gasteiger partial charge is 0.349 e. The van der Waals surface area contributed by atoms with Crippen molar-refractivity contribution in [1.82, 2.24) is 5.32 Å². The summed E-state index contributed by atoms with van der Waals surface area (Å²) in [5, 5.41) is 3.16. The summed E-state index contributed by atoms with van der Waals surface area (Å²) in [5.74, 6) is 0.741. The van der Waals surface area contributed by atoms with Crippen molar-refractivity contribution >= 4 is 5.91 Å². The fourth-order valence-corrected chi connectivity index (χ4v) is 2.78. The van der Waals surface area contributed by atoms with Crippen molar-refractivity contribution in [3.63, 3.8) is 0 Å². The number of hydrogen-bond acceptors (Lipinski definition) is 1. The van der Waals surface area contributed by atoms with Crippen molar-refractivity contribution in [2.24, 2.45) is 5.92 Å². The molecule has 0 aliphatic heterocycles. The number of hydrogen-bond donors (Lipinski definition) is 1. The fourth-order valence-electron chi connectivity index (χ4n) is 2.78. The molecule has 2 nitrogen and oxygen atoms in total. The Hall–Kier alpha value is -1.31. The van der Waals surface area contributed by atoms with Crippen LogP contribution in [-0.2, 0) is 6.42 Å². The Labute approximate surface area is 116 Å². The Morgan fingerprint density at radius 3 is 2.37 bits per heavy atom. The van der Waals surface area contributed by atoms with Crippen molar-refractivity contribution in [2.45, 2.75) is 58.4 Å². The van der Waals surface area contributed by atoms with E-state index in [1.807, 2.05) is 12.1 Å². The van der Waals surface area contributed by atoms with Crippen LogP contribution in [0.4, 0.5) is 0 Å². The first-order valence-electron chi connectivity index (χ1n) is 7.55. The van der Waals surface area contributed by atoms with Gasteiger partial charge in [0.15, 0.2) is 0 Å². The van der Waals surface area contributed by atoms with Crippen LogP contribution in [0.25, 0.3) is 0 Å². The van der Waals surface area contributed by atoms with Gasteiger partial charge in [-0.1, -0.05) is 45.2 Å². The number of carbonyl (C=O) groups is 1. The van der Waals surface area contributed by atoms with Gasteiger partial charge in [0.25, 0.3) is 5.91 Å². The Balaban J connectivity index is 1.91. The average molecular weight is 259 g/mol. The lowest BCUT2D eigenvalue weighted by Crippen LogP contribution is -2.36. The first-order chi connectivity index (χ1) is 9.15. The van der Waals surface area contributed by atoms with Crippen LogP contribution in [0, 0.1) is 5.92 Å². The molecule has 0 aromatic heterocycles. The molecule has 2 rings (SSSR count). The van der Waals surface area contributed by atoms with Crippen LogP contribution in [-0.4, -0.2) is 11.9 Å². The molecule has 1 aromatic rings. The zero-order chi connectivity index (χ0) is 13.7. The van der Waals surface area contributed by atoms with Crippen molar-refractivity contribution in [3.8, 4) is 0 Å². The van der Waals surface area contributed by atoms with Crippen molar-refractivity contribution in [2.75, 3.05) is 0 Å². The molecular weight excluding hydrogens is 234 g/mol. The molecule has 0 atom stereocenters. The molecule has 1 saturated carbocycles. The van der Waals surface area contributed by atoms with Gasteiger partial charge in [-0.05, 0) is 42.9 Å². The number of rotatable bonds is 4. The molecule has 0 radical (unpaired) electrons. The maximum Gasteiger partial charge on any atom is 0.251 e. The Morgan fingerprint density at radius 2 is 1.79 bits per heavy atom. The average Bonchev–Trinajstić information content (AvgIpc) is 2.40. The van der Waals surface area contributed by atoms with E-state index in [1.165, 1.54) is 24.8 Å². The zero-order valence-electron chi connectivity index (χ0n) is 12.1. The molecule has 0 saturated heterocycles. The predicted molar refractivity (Wildman–Crippen MR) is 79.3 cm³/mol. The summed E-state index contributed by atoms with van der Waals surface area (Å²) in [6.45, 7) is 4.42. The number of amides is 1. The van der Waals surface area contributed by atoms with Crippen LogP contribution in [0.15, 0.2) is 24.3 Å². The third-order valence-corrected chi connectivity index (χ3v) is 3.80. The molecule has 0 heterocycles. The minimum Gasteiger partial charge on any atom is -0.349 e. The van der Waals surface area contributed by atoms with Gasteiger partial charge in [0, 0.05) is 11.6 Å². The Kier molecular flexibility index (Phi) is 5.00. The highest BCUT2D eigenvalue weighted by Gasteiger charge is 2.16. The SMILES string of the molecule is CC(C)Cc1ccc(C(=O)NC2CCCCC2)cc1. The van der Waals surface area contributed by atoms with Gasteiger partial charge >= 0.3 is 0 Å². The van der Waals surface area contributed by atoms with Crippen molar-refractivity contribution < 1.29 is 4.79 Å². The van der Waals surface area contributed by atoms with E-state index in [-0.39, 0.29) is 5.91 Å². The van der Waals surface area contributed by atoms with E-state index in [0.29, 0.717) is 12.0 Å². The van der Waals surface area contributed by atoms with Gasteiger partial charge in [-0.2, -0.15) is 0 Å². The number of nitrogens with one attached hydrogen (secondary N) is 1. The second-order valence-corrected chi connectivity index (χ2v) is 6.10. The summed E-state index contributed by atoms with van der Waals surface area (Å²) in [6.07, 6.45) is 7.16. The van der Waals surface area contributed by atoms with E-state index in [9.17, 15) is 4.79 Å². The minimum atomic E-state index is 0.0861. The van der Waals surface area contributed by atoms with Gasteiger partial charge < -0.3 is 5.32 Å². The summed E-state index contributed by atoms with van der Waals surface area (Å²) in [7, 11) is 0. The van der Waals surface area contributed by atoms with Crippen LogP contribution in [0.2, 0.25) is 0 Å². The van der Waals surface area contributed by atoms with E-state index in [0.717, 1.165) is 24.8 Å². The van der Waals surface area contributed by atoms with Crippen molar-refractivity contribution in [1.29, 1.82) is 0 Å². The lowest BCUT2D eigenvalue weighted by Gasteiger charge is -2.22. The molecule has 1 amide bonds. The lowest BCUT2D eigenvalue weighted by atomic mass is 9.95. The van der Waals surface area contributed by atoms with Gasteiger partial charge in [0.2, 0.25) is 0 Å². The monoisotopic (exact) mass is 259 g/mol. The topological polar surface area (TPSA) is 29.1 Å².